The van der Waals surface area contributed by atoms with Crippen LogP contribution in [-0.2, 0) is 9.59 Å². The van der Waals surface area contributed by atoms with Crippen molar-refractivity contribution in [3.05, 3.63) is 23.9 Å². The number of aliphatic carboxylic acids is 2. The fourth-order valence-electron chi connectivity index (χ4n) is 1.59. The lowest BCUT2D eigenvalue weighted by Gasteiger charge is -2.14. The van der Waals surface area contributed by atoms with Gasteiger partial charge in [0.1, 0.15) is 6.04 Å². The maximum Gasteiger partial charge on any atom is 0.326 e. The van der Waals surface area contributed by atoms with Crippen molar-refractivity contribution >= 4 is 17.8 Å². The highest BCUT2D eigenvalue weighted by Crippen LogP contribution is 2.08. The summed E-state index contributed by atoms with van der Waals surface area (Å²) in [5.41, 5.74) is 0.195. The van der Waals surface area contributed by atoms with Crippen LogP contribution in [0.4, 0.5) is 0 Å². The first-order valence-corrected chi connectivity index (χ1v) is 6.19. The quantitative estimate of drug-likeness (QED) is 0.638. The van der Waals surface area contributed by atoms with Crippen LogP contribution in [0.25, 0.3) is 0 Å². The highest BCUT2D eigenvalue weighted by atomic mass is 16.5. The summed E-state index contributed by atoms with van der Waals surface area (Å²) in [6, 6.07) is 1.80. The van der Waals surface area contributed by atoms with Crippen molar-refractivity contribution in [2.75, 3.05) is 7.11 Å². The summed E-state index contributed by atoms with van der Waals surface area (Å²) in [4.78, 5) is 37.2. The topological polar surface area (TPSA) is 126 Å². The monoisotopic (exact) mass is 296 g/mol. The van der Waals surface area contributed by atoms with Crippen LogP contribution in [0.2, 0.25) is 0 Å². The van der Waals surface area contributed by atoms with E-state index in [2.05, 4.69) is 10.3 Å². The van der Waals surface area contributed by atoms with Crippen molar-refractivity contribution < 1.29 is 29.3 Å². The zero-order valence-electron chi connectivity index (χ0n) is 11.4. The Hall–Kier alpha value is -2.64. The number of carboxylic acids is 2. The van der Waals surface area contributed by atoms with Gasteiger partial charge in [0.2, 0.25) is 5.88 Å². The van der Waals surface area contributed by atoms with Crippen molar-refractivity contribution in [1.29, 1.82) is 0 Å². The molecule has 0 fully saturated rings. The standard InChI is InChI=1S/C13H16N2O6/c1-21-10-6-5-8(7-14-10)12(18)15-9(13(19)20)3-2-4-11(16)17/h5-7,9H,2-4H2,1H3,(H,15,18)(H,16,17)(H,19,20)/t9-/m1/s1. The number of amides is 1. The van der Waals surface area contributed by atoms with Crippen LogP contribution in [-0.4, -0.2) is 46.2 Å². The molecule has 0 aliphatic heterocycles. The number of nitrogens with one attached hydrogen (secondary N) is 1. The predicted octanol–water partition coefficient (Wildman–Crippen LogP) is 0.528. The molecule has 0 saturated carbocycles. The van der Waals surface area contributed by atoms with Gasteiger partial charge < -0.3 is 20.3 Å². The van der Waals surface area contributed by atoms with Gasteiger partial charge in [0.05, 0.1) is 12.7 Å². The summed E-state index contributed by atoms with van der Waals surface area (Å²) in [5.74, 6) is -2.48. The first-order chi connectivity index (χ1) is 9.93. The van der Waals surface area contributed by atoms with Crippen molar-refractivity contribution in [3.8, 4) is 5.88 Å². The minimum absolute atomic E-state index is 0.0386. The Morgan fingerprint density at radius 3 is 2.52 bits per heavy atom. The zero-order chi connectivity index (χ0) is 15.8. The molecule has 1 heterocycles. The SMILES string of the molecule is COc1ccc(C(=O)N[C@H](CCCC(=O)O)C(=O)O)cn1. The molecule has 0 bridgehead atoms. The predicted molar refractivity (Wildman–Crippen MR) is 71.2 cm³/mol. The Labute approximate surface area is 120 Å². The lowest BCUT2D eigenvalue weighted by molar-refractivity contribution is -0.140. The fraction of sp³-hybridized carbons (Fsp3) is 0.385. The van der Waals surface area contributed by atoms with Gasteiger partial charge in [0.15, 0.2) is 0 Å². The highest BCUT2D eigenvalue weighted by Gasteiger charge is 2.20. The van der Waals surface area contributed by atoms with Crippen LogP contribution in [0.3, 0.4) is 0 Å². The van der Waals surface area contributed by atoms with Gasteiger partial charge in [-0.05, 0) is 18.9 Å². The fourth-order valence-corrected chi connectivity index (χ4v) is 1.59. The third-order valence-corrected chi connectivity index (χ3v) is 2.69. The summed E-state index contributed by atoms with van der Waals surface area (Å²) >= 11 is 0. The molecule has 0 saturated heterocycles. The Morgan fingerprint density at radius 1 is 1.33 bits per heavy atom. The van der Waals surface area contributed by atoms with E-state index < -0.39 is 23.9 Å². The van der Waals surface area contributed by atoms with Gasteiger partial charge in [0.25, 0.3) is 5.91 Å². The summed E-state index contributed by atoms with van der Waals surface area (Å²) in [6.45, 7) is 0. The molecule has 8 nitrogen and oxygen atoms in total. The maximum atomic E-state index is 11.9. The summed E-state index contributed by atoms with van der Waals surface area (Å²) in [7, 11) is 1.44. The third kappa shape index (κ3) is 5.47. The van der Waals surface area contributed by atoms with E-state index in [1.165, 1.54) is 25.4 Å². The number of carbonyl (C=O) groups excluding carboxylic acids is 1. The van der Waals surface area contributed by atoms with Crippen LogP contribution in [0, 0.1) is 0 Å². The third-order valence-electron chi connectivity index (χ3n) is 2.69. The molecular weight excluding hydrogens is 280 g/mol. The largest absolute Gasteiger partial charge is 0.481 e. The molecule has 0 aliphatic carbocycles. The lowest BCUT2D eigenvalue weighted by atomic mass is 10.1. The molecule has 0 unspecified atom stereocenters. The molecule has 3 N–H and O–H groups in total. The van der Waals surface area contributed by atoms with Crippen LogP contribution in [0.15, 0.2) is 18.3 Å². The minimum atomic E-state index is -1.21. The molecular formula is C13H16N2O6. The van der Waals surface area contributed by atoms with Gasteiger partial charge in [-0.1, -0.05) is 0 Å². The smallest absolute Gasteiger partial charge is 0.326 e. The number of ether oxygens (including phenoxy) is 1. The van der Waals surface area contributed by atoms with Gasteiger partial charge in [-0.25, -0.2) is 9.78 Å². The van der Waals surface area contributed by atoms with E-state index in [0.29, 0.717) is 5.88 Å². The number of pyridine rings is 1. The molecule has 0 aromatic carbocycles. The van der Waals surface area contributed by atoms with E-state index in [9.17, 15) is 14.4 Å². The van der Waals surface area contributed by atoms with Crippen LogP contribution >= 0.6 is 0 Å². The Kier molecular flexibility index (Phi) is 6.12. The van der Waals surface area contributed by atoms with Crippen molar-refractivity contribution in [2.45, 2.75) is 25.3 Å². The summed E-state index contributed by atoms with van der Waals surface area (Å²) in [6.07, 6.45) is 1.32. The molecule has 1 rings (SSSR count). The lowest BCUT2D eigenvalue weighted by Crippen LogP contribution is -2.40. The number of hydrogen-bond donors (Lipinski definition) is 3. The van der Waals surface area contributed by atoms with Crippen LogP contribution < -0.4 is 10.1 Å². The first kappa shape index (κ1) is 16.4. The average Bonchev–Trinajstić information content (AvgIpc) is 2.45. The van der Waals surface area contributed by atoms with Crippen LogP contribution in [0.1, 0.15) is 29.6 Å². The number of carboxylic acid groups (broad SMARTS) is 2. The number of methoxy groups -OCH3 is 1. The second-order valence-electron chi connectivity index (χ2n) is 4.24. The summed E-state index contributed by atoms with van der Waals surface area (Å²) < 4.78 is 4.85. The molecule has 0 radical (unpaired) electrons. The van der Waals surface area contributed by atoms with Gasteiger partial charge >= 0.3 is 11.9 Å². The van der Waals surface area contributed by atoms with E-state index in [-0.39, 0.29) is 24.8 Å². The van der Waals surface area contributed by atoms with Crippen LogP contribution in [0.5, 0.6) is 5.88 Å². The van der Waals surface area contributed by atoms with E-state index in [4.69, 9.17) is 14.9 Å². The number of nitrogens with zero attached hydrogens (tertiary/aromatic N) is 1. The highest BCUT2D eigenvalue weighted by molar-refractivity contribution is 5.96. The average molecular weight is 296 g/mol. The first-order valence-electron chi connectivity index (χ1n) is 6.19. The molecule has 1 aromatic rings. The molecule has 8 heteroatoms. The Morgan fingerprint density at radius 2 is 2.05 bits per heavy atom. The van der Waals surface area contributed by atoms with Crippen molar-refractivity contribution in [1.82, 2.24) is 10.3 Å². The van der Waals surface area contributed by atoms with Gasteiger partial charge in [-0.2, -0.15) is 0 Å². The van der Waals surface area contributed by atoms with E-state index >= 15 is 0 Å². The number of rotatable bonds is 8. The number of aromatic nitrogens is 1. The van der Waals surface area contributed by atoms with Crippen molar-refractivity contribution in [2.24, 2.45) is 0 Å². The summed E-state index contributed by atoms with van der Waals surface area (Å²) in [5, 5.41) is 19.9. The molecule has 21 heavy (non-hydrogen) atoms. The van der Waals surface area contributed by atoms with Crippen molar-refractivity contribution in [3.63, 3.8) is 0 Å². The molecule has 1 aromatic heterocycles. The Bertz CT molecular complexity index is 514. The molecule has 0 spiro atoms. The second kappa shape index (κ2) is 7.83. The molecule has 114 valence electrons. The van der Waals surface area contributed by atoms with E-state index in [1.54, 1.807) is 0 Å². The maximum absolute atomic E-state index is 11.9. The number of hydrogen-bond acceptors (Lipinski definition) is 5. The molecule has 1 amide bonds. The minimum Gasteiger partial charge on any atom is -0.481 e. The van der Waals surface area contributed by atoms with E-state index in [1.807, 2.05) is 0 Å². The molecule has 1 atom stereocenters. The zero-order valence-corrected chi connectivity index (χ0v) is 11.4. The Balaban J connectivity index is 2.62. The van der Waals surface area contributed by atoms with E-state index in [0.717, 1.165) is 0 Å². The normalized spacial score (nSPS) is 11.5. The van der Waals surface area contributed by atoms with Gasteiger partial charge in [-0.15, -0.1) is 0 Å². The van der Waals surface area contributed by atoms with Gasteiger partial charge in [0, 0.05) is 18.7 Å². The molecule has 0 aliphatic rings. The van der Waals surface area contributed by atoms with Gasteiger partial charge in [-0.3, -0.25) is 9.59 Å². The number of carbonyl (C=O) groups is 3. The second-order valence-corrected chi connectivity index (χ2v) is 4.24.